The fourth-order valence-electron chi connectivity index (χ4n) is 4.22. The molecule has 2 heterocycles. The van der Waals surface area contributed by atoms with Crippen molar-refractivity contribution in [3.05, 3.63) is 29.5 Å². The average Bonchev–Trinajstić information content (AvgIpc) is 2.94. The lowest BCUT2D eigenvalue weighted by Crippen LogP contribution is -2.45. The van der Waals surface area contributed by atoms with Crippen LogP contribution in [0.1, 0.15) is 55.6 Å². The van der Waals surface area contributed by atoms with Gasteiger partial charge in [-0.25, -0.2) is 0 Å². The molecule has 1 aromatic heterocycles. The van der Waals surface area contributed by atoms with E-state index in [4.69, 9.17) is 4.74 Å². The molecule has 5 nitrogen and oxygen atoms in total. The predicted molar refractivity (Wildman–Crippen MR) is 104 cm³/mol. The number of carbonyl (C=O) groups excluding carboxylic acids is 1. The summed E-state index contributed by atoms with van der Waals surface area (Å²) in [5.41, 5.74) is 2.87. The Balaban J connectivity index is 2.05. The highest BCUT2D eigenvalue weighted by Gasteiger charge is 2.30. The summed E-state index contributed by atoms with van der Waals surface area (Å²) in [4.78, 5) is 15.4. The molecule has 0 aliphatic carbocycles. The van der Waals surface area contributed by atoms with E-state index < -0.39 is 0 Å². The molecule has 1 unspecified atom stereocenters. The zero-order chi connectivity index (χ0) is 18.7. The zero-order valence-electron chi connectivity index (χ0n) is 16.1. The first-order chi connectivity index (χ1) is 12.6. The second-order valence-corrected chi connectivity index (χ2v) is 6.99. The minimum Gasteiger partial charge on any atom is -0.494 e. The Morgan fingerprint density at radius 2 is 2.12 bits per heavy atom. The Bertz CT molecular complexity index is 779. The van der Waals surface area contributed by atoms with Gasteiger partial charge in [-0.2, -0.15) is 0 Å². The number of likely N-dealkylation sites (tertiary alicyclic amines) is 1. The number of ether oxygens (including phenoxy) is 1. The van der Waals surface area contributed by atoms with E-state index >= 15 is 0 Å². The zero-order valence-corrected chi connectivity index (χ0v) is 16.1. The molecule has 1 aliphatic rings. The average molecular weight is 358 g/mol. The summed E-state index contributed by atoms with van der Waals surface area (Å²) in [7, 11) is 0. The van der Waals surface area contributed by atoms with Gasteiger partial charge in [0.2, 0.25) is 0 Å². The smallest absolute Gasteiger partial charge is 0.271 e. The van der Waals surface area contributed by atoms with Gasteiger partial charge in [0.1, 0.15) is 11.4 Å². The fraction of sp³-hybridized carbons (Fsp3) is 0.571. The first-order valence-electron chi connectivity index (χ1n) is 9.79. The van der Waals surface area contributed by atoms with Crippen LogP contribution in [0.2, 0.25) is 0 Å². The van der Waals surface area contributed by atoms with E-state index in [2.05, 4.69) is 17.6 Å². The first-order valence-corrected chi connectivity index (χ1v) is 9.79. The lowest BCUT2D eigenvalue weighted by molar-refractivity contribution is 0.0563. The number of aliphatic hydroxyl groups excluding tert-OH is 1. The van der Waals surface area contributed by atoms with Crippen molar-refractivity contribution in [3.8, 4) is 5.75 Å². The molecular weight excluding hydrogens is 328 g/mol. The number of aliphatic hydroxyl groups is 1. The molecule has 1 aliphatic heterocycles. The minimum absolute atomic E-state index is 0.0941. The number of piperidine rings is 1. The van der Waals surface area contributed by atoms with Gasteiger partial charge in [0, 0.05) is 36.6 Å². The molecule has 26 heavy (non-hydrogen) atoms. The van der Waals surface area contributed by atoms with Gasteiger partial charge in [0.05, 0.1) is 6.61 Å². The highest BCUT2D eigenvalue weighted by atomic mass is 16.5. The van der Waals surface area contributed by atoms with Crippen LogP contribution >= 0.6 is 0 Å². The van der Waals surface area contributed by atoms with Gasteiger partial charge in [-0.1, -0.05) is 0 Å². The van der Waals surface area contributed by atoms with Gasteiger partial charge in [-0.15, -0.1) is 0 Å². The normalized spacial score (nSPS) is 17.7. The molecule has 2 aromatic rings. The highest BCUT2D eigenvalue weighted by molar-refractivity contribution is 6.02. The van der Waals surface area contributed by atoms with Crippen molar-refractivity contribution in [2.75, 3.05) is 19.8 Å². The topological polar surface area (TPSA) is 54.7 Å². The van der Waals surface area contributed by atoms with Gasteiger partial charge >= 0.3 is 0 Å². The third-order valence-corrected chi connectivity index (χ3v) is 5.47. The molecule has 3 rings (SSSR count). The molecule has 0 spiro atoms. The van der Waals surface area contributed by atoms with E-state index in [9.17, 15) is 9.90 Å². The number of nitrogens with zero attached hydrogens (tertiary/aromatic N) is 2. The minimum atomic E-state index is 0.0941. The number of hydrogen-bond donors (Lipinski definition) is 1. The molecule has 1 fully saturated rings. The van der Waals surface area contributed by atoms with Gasteiger partial charge in [-0.05, 0) is 70.2 Å². The van der Waals surface area contributed by atoms with Gasteiger partial charge in [0.25, 0.3) is 5.91 Å². The number of aryl methyl sites for hydroxylation is 2. The molecule has 1 saturated heterocycles. The van der Waals surface area contributed by atoms with E-state index in [1.807, 2.05) is 30.9 Å². The summed E-state index contributed by atoms with van der Waals surface area (Å²) in [6.07, 6.45) is 3.80. The summed E-state index contributed by atoms with van der Waals surface area (Å²) in [6, 6.07) is 6.21. The second-order valence-electron chi connectivity index (χ2n) is 6.99. The lowest BCUT2D eigenvalue weighted by Gasteiger charge is -2.36. The summed E-state index contributed by atoms with van der Waals surface area (Å²) < 4.78 is 7.76. The summed E-state index contributed by atoms with van der Waals surface area (Å²) in [5, 5.41) is 10.5. The van der Waals surface area contributed by atoms with Crippen molar-refractivity contribution >= 4 is 16.8 Å². The Hall–Kier alpha value is -2.01. The van der Waals surface area contributed by atoms with Crippen molar-refractivity contribution in [1.29, 1.82) is 0 Å². The van der Waals surface area contributed by atoms with Crippen molar-refractivity contribution < 1.29 is 14.6 Å². The number of aromatic nitrogens is 1. The SMILES string of the molecule is CCOc1ccc2c(c1)c(C)c(C(=O)N1CCCCC1CCO)n2CC. The van der Waals surface area contributed by atoms with Gasteiger partial charge in [0.15, 0.2) is 0 Å². The van der Waals surface area contributed by atoms with Gasteiger partial charge < -0.3 is 19.3 Å². The predicted octanol–water partition coefficient (Wildman–Crippen LogP) is 3.75. The lowest BCUT2D eigenvalue weighted by atomic mass is 9.98. The Morgan fingerprint density at radius 1 is 1.31 bits per heavy atom. The maximum absolute atomic E-state index is 13.5. The van der Waals surface area contributed by atoms with Crippen LogP contribution in [0.15, 0.2) is 18.2 Å². The summed E-state index contributed by atoms with van der Waals surface area (Å²) in [6.45, 7) is 8.36. The number of rotatable bonds is 6. The van der Waals surface area contributed by atoms with Crippen LogP contribution < -0.4 is 4.74 Å². The van der Waals surface area contributed by atoms with Crippen molar-refractivity contribution in [2.24, 2.45) is 0 Å². The standard InChI is InChI=1S/C21H30N2O3/c1-4-22-19-10-9-17(26-5-2)14-18(19)15(3)20(22)21(25)23-12-7-6-8-16(23)11-13-24/h9-10,14,16,24H,4-8,11-13H2,1-3H3. The molecule has 0 bridgehead atoms. The van der Waals surface area contributed by atoms with Crippen LogP contribution in [0, 0.1) is 6.92 Å². The van der Waals surface area contributed by atoms with E-state index in [1.165, 1.54) is 0 Å². The quantitative estimate of drug-likeness (QED) is 0.856. The van der Waals surface area contributed by atoms with Crippen LogP contribution in [0.3, 0.4) is 0 Å². The maximum Gasteiger partial charge on any atom is 0.271 e. The Labute approximate surface area is 155 Å². The molecule has 5 heteroatoms. The fourth-order valence-corrected chi connectivity index (χ4v) is 4.22. The second kappa shape index (κ2) is 8.12. The van der Waals surface area contributed by atoms with Crippen LogP contribution in [0.5, 0.6) is 5.75 Å². The highest BCUT2D eigenvalue weighted by Crippen LogP contribution is 2.31. The van der Waals surface area contributed by atoms with Crippen LogP contribution in [-0.4, -0.2) is 46.3 Å². The first kappa shape index (κ1) is 18.8. The van der Waals surface area contributed by atoms with E-state index in [0.717, 1.165) is 60.3 Å². The molecule has 1 atom stereocenters. The summed E-state index contributed by atoms with van der Waals surface area (Å²) >= 11 is 0. The Morgan fingerprint density at radius 3 is 2.81 bits per heavy atom. The third-order valence-electron chi connectivity index (χ3n) is 5.47. The summed E-state index contributed by atoms with van der Waals surface area (Å²) in [5.74, 6) is 0.933. The van der Waals surface area contributed by atoms with E-state index in [0.29, 0.717) is 13.0 Å². The largest absolute Gasteiger partial charge is 0.494 e. The van der Waals surface area contributed by atoms with Crippen molar-refractivity contribution in [2.45, 2.75) is 59.0 Å². The van der Waals surface area contributed by atoms with Crippen molar-refractivity contribution in [1.82, 2.24) is 9.47 Å². The third kappa shape index (κ3) is 3.32. The van der Waals surface area contributed by atoms with Crippen LogP contribution in [0.25, 0.3) is 10.9 Å². The van der Waals surface area contributed by atoms with E-state index in [-0.39, 0.29) is 18.6 Å². The number of hydrogen-bond acceptors (Lipinski definition) is 3. The van der Waals surface area contributed by atoms with Crippen LogP contribution in [0.4, 0.5) is 0 Å². The molecule has 1 aromatic carbocycles. The van der Waals surface area contributed by atoms with E-state index in [1.54, 1.807) is 0 Å². The van der Waals surface area contributed by atoms with Crippen LogP contribution in [-0.2, 0) is 6.54 Å². The number of amides is 1. The van der Waals surface area contributed by atoms with Gasteiger partial charge in [-0.3, -0.25) is 4.79 Å². The molecule has 1 N–H and O–H groups in total. The Kier molecular flexibility index (Phi) is 5.87. The number of carbonyl (C=O) groups is 1. The molecule has 1 amide bonds. The van der Waals surface area contributed by atoms with Crippen molar-refractivity contribution in [3.63, 3.8) is 0 Å². The molecule has 0 saturated carbocycles. The monoisotopic (exact) mass is 358 g/mol. The number of fused-ring (bicyclic) bond motifs is 1. The maximum atomic E-state index is 13.5. The molecular formula is C21H30N2O3. The molecule has 142 valence electrons. The molecule has 0 radical (unpaired) electrons. The number of benzene rings is 1.